The van der Waals surface area contributed by atoms with Crippen molar-refractivity contribution in [3.05, 3.63) is 29.9 Å². The van der Waals surface area contributed by atoms with E-state index in [2.05, 4.69) is 31.5 Å². The average Bonchev–Trinajstić information content (AvgIpc) is 3.15. The van der Waals surface area contributed by atoms with Crippen molar-refractivity contribution in [3.8, 4) is 0 Å². The Morgan fingerprint density at radius 3 is 3.08 bits per heavy atom. The van der Waals surface area contributed by atoms with E-state index in [1.54, 1.807) is 0 Å². The second-order valence-electron chi connectivity index (χ2n) is 7.21. The lowest BCUT2D eigenvalue weighted by Gasteiger charge is -2.38. The second kappa shape index (κ2) is 6.29. The molecule has 2 aromatic heterocycles. The second-order valence-corrected chi connectivity index (χ2v) is 7.21. The highest BCUT2D eigenvalue weighted by molar-refractivity contribution is 5.06. The Hall–Kier alpha value is -1.73. The summed E-state index contributed by atoms with van der Waals surface area (Å²) in [5.74, 6) is 1.86. The standard InChI is InChI=1S/C17H25N5O2/c1-2-22-12-18-9-14(22)10-21-7-3-6-17(23,11-21)8-15-19-16(20-24-15)13-4-5-13/h9,12-13,23H,2-8,10-11H2,1H3. The van der Waals surface area contributed by atoms with Crippen LogP contribution in [0.5, 0.6) is 0 Å². The molecule has 24 heavy (non-hydrogen) atoms. The molecule has 2 aliphatic rings. The normalized spacial score (nSPS) is 25.2. The van der Waals surface area contributed by atoms with Gasteiger partial charge in [-0.3, -0.25) is 4.90 Å². The van der Waals surface area contributed by atoms with E-state index in [1.807, 2.05) is 12.5 Å². The van der Waals surface area contributed by atoms with Gasteiger partial charge < -0.3 is 14.2 Å². The van der Waals surface area contributed by atoms with Crippen LogP contribution >= 0.6 is 0 Å². The molecule has 4 rings (SSSR count). The van der Waals surface area contributed by atoms with Crippen LogP contribution in [0, 0.1) is 0 Å². The molecule has 130 valence electrons. The van der Waals surface area contributed by atoms with E-state index in [0.717, 1.165) is 51.1 Å². The highest BCUT2D eigenvalue weighted by Crippen LogP contribution is 2.38. The molecule has 1 N–H and O–H groups in total. The van der Waals surface area contributed by atoms with Gasteiger partial charge in [0.2, 0.25) is 5.89 Å². The van der Waals surface area contributed by atoms with Gasteiger partial charge in [-0.2, -0.15) is 4.98 Å². The number of hydrogen-bond donors (Lipinski definition) is 1. The predicted octanol–water partition coefficient (Wildman–Crippen LogP) is 1.73. The largest absolute Gasteiger partial charge is 0.388 e. The zero-order valence-electron chi connectivity index (χ0n) is 14.2. The van der Waals surface area contributed by atoms with Crippen LogP contribution in [0.2, 0.25) is 0 Å². The molecule has 1 aliphatic heterocycles. The molecule has 3 heterocycles. The molecule has 0 spiro atoms. The molecule has 2 fully saturated rings. The molecule has 0 radical (unpaired) electrons. The Labute approximate surface area is 141 Å². The lowest BCUT2D eigenvalue weighted by Crippen LogP contribution is -2.49. The first-order valence-corrected chi connectivity index (χ1v) is 8.91. The van der Waals surface area contributed by atoms with Gasteiger partial charge in [-0.25, -0.2) is 4.98 Å². The summed E-state index contributed by atoms with van der Waals surface area (Å²) in [6.07, 6.45) is 8.28. The van der Waals surface area contributed by atoms with Crippen LogP contribution in [0.1, 0.15) is 55.9 Å². The number of hydrogen-bond acceptors (Lipinski definition) is 6. The Morgan fingerprint density at radius 1 is 1.42 bits per heavy atom. The van der Waals surface area contributed by atoms with Crippen molar-refractivity contribution >= 4 is 0 Å². The van der Waals surface area contributed by atoms with Crippen molar-refractivity contribution in [1.29, 1.82) is 0 Å². The molecule has 7 nitrogen and oxygen atoms in total. The highest BCUT2D eigenvalue weighted by Gasteiger charge is 2.36. The van der Waals surface area contributed by atoms with Crippen molar-refractivity contribution in [2.24, 2.45) is 0 Å². The van der Waals surface area contributed by atoms with Crippen LogP contribution in [-0.2, 0) is 19.5 Å². The lowest BCUT2D eigenvalue weighted by atomic mass is 9.89. The maximum absolute atomic E-state index is 11.0. The summed E-state index contributed by atoms with van der Waals surface area (Å²) in [7, 11) is 0. The molecule has 0 amide bonds. The Bertz CT molecular complexity index is 693. The predicted molar refractivity (Wildman–Crippen MR) is 87.3 cm³/mol. The van der Waals surface area contributed by atoms with E-state index >= 15 is 0 Å². The van der Waals surface area contributed by atoms with Gasteiger partial charge in [0.1, 0.15) is 0 Å². The molecule has 1 saturated heterocycles. The first kappa shape index (κ1) is 15.8. The van der Waals surface area contributed by atoms with E-state index in [0.29, 0.717) is 24.8 Å². The summed E-state index contributed by atoms with van der Waals surface area (Å²) < 4.78 is 7.50. The van der Waals surface area contributed by atoms with Crippen LogP contribution in [-0.4, -0.2) is 48.4 Å². The van der Waals surface area contributed by atoms with Gasteiger partial charge >= 0.3 is 0 Å². The van der Waals surface area contributed by atoms with Crippen molar-refractivity contribution in [1.82, 2.24) is 24.6 Å². The number of β-amino-alcohol motifs (C(OH)–C–C–N with tert-alkyl or cyclic N) is 1. The third-order valence-corrected chi connectivity index (χ3v) is 5.07. The number of nitrogens with zero attached hydrogens (tertiary/aromatic N) is 5. The summed E-state index contributed by atoms with van der Waals surface area (Å²) in [4.78, 5) is 11.0. The molecule has 7 heteroatoms. The SMILES string of the molecule is CCn1cncc1CN1CCCC(O)(Cc2nc(C3CC3)no2)C1. The van der Waals surface area contributed by atoms with Gasteiger partial charge in [0.05, 0.1) is 24.0 Å². The minimum absolute atomic E-state index is 0.441. The molecule has 0 aromatic carbocycles. The number of aromatic nitrogens is 4. The third-order valence-electron chi connectivity index (χ3n) is 5.07. The smallest absolute Gasteiger partial charge is 0.229 e. The summed E-state index contributed by atoms with van der Waals surface area (Å²) >= 11 is 0. The summed E-state index contributed by atoms with van der Waals surface area (Å²) in [6.45, 7) is 5.47. The highest BCUT2D eigenvalue weighted by atomic mass is 16.5. The van der Waals surface area contributed by atoms with E-state index in [-0.39, 0.29) is 0 Å². The van der Waals surface area contributed by atoms with Gasteiger partial charge in [0.15, 0.2) is 5.82 Å². The fourth-order valence-corrected chi connectivity index (χ4v) is 3.61. The number of likely N-dealkylation sites (tertiary alicyclic amines) is 1. The average molecular weight is 331 g/mol. The Morgan fingerprint density at radius 2 is 2.29 bits per heavy atom. The van der Waals surface area contributed by atoms with Crippen molar-refractivity contribution in [3.63, 3.8) is 0 Å². The van der Waals surface area contributed by atoms with Crippen LogP contribution in [0.3, 0.4) is 0 Å². The van der Waals surface area contributed by atoms with Crippen LogP contribution < -0.4 is 0 Å². The summed E-state index contributed by atoms with van der Waals surface area (Å²) in [6, 6.07) is 0. The Balaban J connectivity index is 1.40. The number of imidazole rings is 1. The van der Waals surface area contributed by atoms with Gasteiger partial charge in [0, 0.05) is 31.7 Å². The lowest BCUT2D eigenvalue weighted by molar-refractivity contribution is -0.0378. The van der Waals surface area contributed by atoms with Gasteiger partial charge in [-0.15, -0.1) is 0 Å². The van der Waals surface area contributed by atoms with Crippen LogP contribution in [0.15, 0.2) is 17.0 Å². The molecular weight excluding hydrogens is 306 g/mol. The Kier molecular flexibility index (Phi) is 4.14. The number of aryl methyl sites for hydroxylation is 1. The monoisotopic (exact) mass is 331 g/mol. The van der Waals surface area contributed by atoms with E-state index in [9.17, 15) is 5.11 Å². The van der Waals surface area contributed by atoms with Crippen molar-refractivity contribution in [2.75, 3.05) is 13.1 Å². The van der Waals surface area contributed by atoms with E-state index in [1.165, 1.54) is 5.69 Å². The van der Waals surface area contributed by atoms with Gasteiger partial charge in [-0.1, -0.05) is 5.16 Å². The molecule has 1 saturated carbocycles. The van der Waals surface area contributed by atoms with E-state index < -0.39 is 5.60 Å². The molecular formula is C17H25N5O2. The maximum Gasteiger partial charge on any atom is 0.229 e. The zero-order valence-corrected chi connectivity index (χ0v) is 14.2. The first-order chi connectivity index (χ1) is 11.6. The van der Waals surface area contributed by atoms with Crippen LogP contribution in [0.4, 0.5) is 0 Å². The topological polar surface area (TPSA) is 80.2 Å². The zero-order chi connectivity index (χ0) is 16.6. The van der Waals surface area contributed by atoms with E-state index in [4.69, 9.17) is 4.52 Å². The molecule has 2 aromatic rings. The summed E-state index contributed by atoms with van der Waals surface area (Å²) in [5, 5.41) is 15.1. The molecule has 1 unspecified atom stereocenters. The maximum atomic E-state index is 11.0. The number of rotatable bonds is 6. The summed E-state index contributed by atoms with van der Waals surface area (Å²) in [5.41, 5.74) is 0.401. The third kappa shape index (κ3) is 3.37. The fourth-order valence-electron chi connectivity index (χ4n) is 3.61. The number of aliphatic hydroxyl groups is 1. The quantitative estimate of drug-likeness (QED) is 0.868. The minimum atomic E-state index is -0.789. The fraction of sp³-hybridized carbons (Fsp3) is 0.706. The first-order valence-electron chi connectivity index (χ1n) is 8.91. The molecule has 1 aliphatic carbocycles. The van der Waals surface area contributed by atoms with Crippen LogP contribution in [0.25, 0.3) is 0 Å². The molecule has 0 bridgehead atoms. The number of piperidine rings is 1. The van der Waals surface area contributed by atoms with Gasteiger partial charge in [-0.05, 0) is 39.2 Å². The van der Waals surface area contributed by atoms with Crippen molar-refractivity contribution < 1.29 is 9.63 Å². The minimum Gasteiger partial charge on any atom is -0.388 e. The van der Waals surface area contributed by atoms with Crippen molar-refractivity contribution in [2.45, 2.75) is 63.6 Å². The molecule has 1 atom stereocenters. The van der Waals surface area contributed by atoms with Gasteiger partial charge in [0.25, 0.3) is 0 Å².